The Labute approximate surface area is 126 Å². The van der Waals surface area contributed by atoms with Crippen LogP contribution in [0, 0.1) is 6.92 Å². The molecule has 2 rings (SSSR count). The second-order valence-corrected chi connectivity index (χ2v) is 5.26. The van der Waals surface area contributed by atoms with Crippen molar-refractivity contribution in [3.63, 3.8) is 0 Å². The molecule has 0 aliphatic carbocycles. The molecule has 0 fully saturated rings. The van der Waals surface area contributed by atoms with Crippen molar-refractivity contribution >= 4 is 21.7 Å². The van der Waals surface area contributed by atoms with E-state index in [1.54, 1.807) is 19.2 Å². The Kier molecular flexibility index (Phi) is 4.60. The lowest BCUT2D eigenvalue weighted by atomic mass is 10.1. The van der Waals surface area contributed by atoms with Crippen LogP contribution in [0.3, 0.4) is 0 Å². The Hall–Kier alpha value is -1.62. The summed E-state index contributed by atoms with van der Waals surface area (Å²) in [7, 11) is 1.57. The summed E-state index contributed by atoms with van der Waals surface area (Å²) in [5, 5.41) is 4.40. The topological polar surface area (TPSA) is 44.1 Å². The van der Waals surface area contributed by atoms with Gasteiger partial charge in [-0.15, -0.1) is 0 Å². The van der Waals surface area contributed by atoms with E-state index in [0.717, 1.165) is 22.4 Å². The molecular formula is C15H17BrN2O2. The minimum absolute atomic E-state index is 0.0257. The number of hydrogen-bond acceptors (Lipinski definition) is 3. The fourth-order valence-electron chi connectivity index (χ4n) is 2.16. The fourth-order valence-corrected chi connectivity index (χ4v) is 2.58. The Morgan fingerprint density at radius 2 is 2.10 bits per heavy atom. The monoisotopic (exact) mass is 336 g/mol. The predicted molar refractivity (Wildman–Crippen MR) is 81.4 cm³/mol. The molecule has 0 amide bonds. The molecule has 0 bridgehead atoms. The summed E-state index contributed by atoms with van der Waals surface area (Å²) in [6, 6.07) is 7.28. The number of carbonyl (C=O) groups excluding carboxylic acids is 1. The highest BCUT2D eigenvalue weighted by Crippen LogP contribution is 2.25. The van der Waals surface area contributed by atoms with Crippen molar-refractivity contribution in [2.75, 3.05) is 7.11 Å². The van der Waals surface area contributed by atoms with Gasteiger partial charge >= 0.3 is 0 Å². The molecule has 0 aliphatic heterocycles. The second kappa shape index (κ2) is 6.22. The van der Waals surface area contributed by atoms with E-state index in [9.17, 15) is 4.79 Å². The Morgan fingerprint density at radius 3 is 2.75 bits per heavy atom. The molecule has 1 aromatic carbocycles. The highest BCUT2D eigenvalue weighted by Gasteiger charge is 2.18. The number of ether oxygens (including phenoxy) is 1. The highest BCUT2D eigenvalue weighted by atomic mass is 79.9. The van der Waals surface area contributed by atoms with Crippen molar-refractivity contribution in [3.05, 3.63) is 45.7 Å². The molecule has 0 spiro atoms. The van der Waals surface area contributed by atoms with Crippen LogP contribution in [0.2, 0.25) is 0 Å². The van der Waals surface area contributed by atoms with E-state index in [-0.39, 0.29) is 5.78 Å². The molecule has 0 unspecified atom stereocenters. The number of ketones is 1. The number of para-hydroxylation sites is 1. The molecule has 0 saturated heterocycles. The van der Waals surface area contributed by atoms with Gasteiger partial charge < -0.3 is 4.74 Å². The van der Waals surface area contributed by atoms with Crippen molar-refractivity contribution in [2.45, 2.75) is 26.8 Å². The lowest BCUT2D eigenvalue weighted by Crippen LogP contribution is -2.11. The Morgan fingerprint density at radius 1 is 1.40 bits per heavy atom. The van der Waals surface area contributed by atoms with Crippen LogP contribution in [0.5, 0.6) is 5.75 Å². The van der Waals surface area contributed by atoms with E-state index in [0.29, 0.717) is 17.7 Å². The average Bonchev–Trinajstić information content (AvgIpc) is 2.74. The third-order valence-electron chi connectivity index (χ3n) is 3.19. The number of methoxy groups -OCH3 is 1. The SMILES string of the molecule is CCn1nc(C)c(Br)c1CC(=O)c1ccccc1OC. The minimum atomic E-state index is 0.0257. The van der Waals surface area contributed by atoms with Gasteiger partial charge in [0.05, 0.1) is 35.0 Å². The van der Waals surface area contributed by atoms with Gasteiger partial charge in [0.1, 0.15) is 5.75 Å². The molecule has 20 heavy (non-hydrogen) atoms. The summed E-state index contributed by atoms with van der Waals surface area (Å²) in [5.41, 5.74) is 2.40. The van der Waals surface area contributed by atoms with Crippen LogP contribution < -0.4 is 4.74 Å². The molecule has 2 aromatic rings. The van der Waals surface area contributed by atoms with Gasteiger partial charge in [-0.3, -0.25) is 9.48 Å². The van der Waals surface area contributed by atoms with E-state index >= 15 is 0 Å². The molecule has 0 aliphatic rings. The molecule has 1 heterocycles. The van der Waals surface area contributed by atoms with Crippen LogP contribution >= 0.6 is 15.9 Å². The number of carbonyl (C=O) groups is 1. The first-order chi connectivity index (χ1) is 9.58. The molecule has 0 atom stereocenters. The molecule has 0 saturated carbocycles. The second-order valence-electron chi connectivity index (χ2n) is 4.46. The van der Waals surface area contributed by atoms with Crippen molar-refractivity contribution in [3.8, 4) is 5.75 Å². The zero-order valence-electron chi connectivity index (χ0n) is 11.8. The van der Waals surface area contributed by atoms with E-state index in [2.05, 4.69) is 21.0 Å². The summed E-state index contributed by atoms with van der Waals surface area (Å²) in [5.74, 6) is 0.630. The minimum Gasteiger partial charge on any atom is -0.496 e. The summed E-state index contributed by atoms with van der Waals surface area (Å²) >= 11 is 3.51. The van der Waals surface area contributed by atoms with Crippen molar-refractivity contribution in [1.29, 1.82) is 0 Å². The molecular weight excluding hydrogens is 320 g/mol. The van der Waals surface area contributed by atoms with Crippen LogP contribution in [0.25, 0.3) is 0 Å². The van der Waals surface area contributed by atoms with Crippen molar-refractivity contribution < 1.29 is 9.53 Å². The van der Waals surface area contributed by atoms with Crippen LogP contribution in [0.1, 0.15) is 28.7 Å². The van der Waals surface area contributed by atoms with Gasteiger partial charge in [0.25, 0.3) is 0 Å². The van der Waals surface area contributed by atoms with Gasteiger partial charge in [0, 0.05) is 6.54 Å². The van der Waals surface area contributed by atoms with Crippen LogP contribution in [0.15, 0.2) is 28.7 Å². The summed E-state index contributed by atoms with van der Waals surface area (Å²) < 4.78 is 8.00. The maximum Gasteiger partial charge on any atom is 0.172 e. The number of Topliss-reactive ketones (excluding diaryl/α,β-unsaturated/α-hetero) is 1. The average molecular weight is 337 g/mol. The van der Waals surface area contributed by atoms with E-state index in [1.807, 2.05) is 30.7 Å². The number of benzene rings is 1. The van der Waals surface area contributed by atoms with Gasteiger partial charge in [-0.1, -0.05) is 12.1 Å². The number of nitrogens with zero attached hydrogens (tertiary/aromatic N) is 2. The van der Waals surface area contributed by atoms with E-state index in [4.69, 9.17) is 4.74 Å². The zero-order valence-corrected chi connectivity index (χ0v) is 13.4. The smallest absolute Gasteiger partial charge is 0.172 e. The molecule has 0 N–H and O–H groups in total. The fraction of sp³-hybridized carbons (Fsp3) is 0.333. The van der Waals surface area contributed by atoms with Gasteiger partial charge in [-0.2, -0.15) is 5.10 Å². The van der Waals surface area contributed by atoms with Crippen LogP contribution in [-0.2, 0) is 13.0 Å². The highest BCUT2D eigenvalue weighted by molar-refractivity contribution is 9.10. The maximum absolute atomic E-state index is 12.5. The molecule has 5 heteroatoms. The number of aromatic nitrogens is 2. The zero-order chi connectivity index (χ0) is 14.7. The number of aryl methyl sites for hydroxylation is 2. The first kappa shape index (κ1) is 14.8. The maximum atomic E-state index is 12.5. The van der Waals surface area contributed by atoms with Crippen molar-refractivity contribution in [1.82, 2.24) is 9.78 Å². The normalized spacial score (nSPS) is 10.6. The lowest BCUT2D eigenvalue weighted by molar-refractivity contribution is 0.0987. The first-order valence-corrected chi connectivity index (χ1v) is 7.25. The van der Waals surface area contributed by atoms with E-state index in [1.165, 1.54) is 0 Å². The van der Waals surface area contributed by atoms with E-state index < -0.39 is 0 Å². The summed E-state index contributed by atoms with van der Waals surface area (Å²) in [6.45, 7) is 4.67. The molecule has 1 aromatic heterocycles. The largest absolute Gasteiger partial charge is 0.496 e. The van der Waals surface area contributed by atoms with Crippen LogP contribution in [0.4, 0.5) is 0 Å². The Bertz CT molecular complexity index is 635. The van der Waals surface area contributed by atoms with Gasteiger partial charge in [-0.25, -0.2) is 0 Å². The summed E-state index contributed by atoms with van der Waals surface area (Å²) in [6.07, 6.45) is 0.301. The molecule has 4 nitrogen and oxygen atoms in total. The number of hydrogen-bond donors (Lipinski definition) is 0. The summed E-state index contributed by atoms with van der Waals surface area (Å²) in [4.78, 5) is 12.5. The van der Waals surface area contributed by atoms with Crippen molar-refractivity contribution in [2.24, 2.45) is 0 Å². The predicted octanol–water partition coefficient (Wildman–Crippen LogP) is 3.41. The van der Waals surface area contributed by atoms with Gasteiger partial charge in [-0.05, 0) is 41.9 Å². The van der Waals surface area contributed by atoms with Gasteiger partial charge in [0.2, 0.25) is 0 Å². The standard InChI is InChI=1S/C15H17BrN2O2/c1-4-18-12(15(16)10(2)17-18)9-13(19)11-7-5-6-8-14(11)20-3/h5-8H,4,9H2,1-3H3. The first-order valence-electron chi connectivity index (χ1n) is 6.46. The number of rotatable bonds is 5. The third-order valence-corrected chi connectivity index (χ3v) is 4.22. The molecule has 106 valence electrons. The third kappa shape index (κ3) is 2.77. The quantitative estimate of drug-likeness (QED) is 0.786. The molecule has 0 radical (unpaired) electrons. The number of halogens is 1. The lowest BCUT2D eigenvalue weighted by Gasteiger charge is -2.08. The van der Waals surface area contributed by atoms with Crippen LogP contribution in [-0.4, -0.2) is 22.7 Å². The van der Waals surface area contributed by atoms with Gasteiger partial charge in [0.15, 0.2) is 5.78 Å². The Balaban J connectivity index is 2.33.